The molecular weight excluding hydrogens is 522 g/mol. The largest absolute Gasteiger partial charge is 0.416 e. The fourth-order valence-corrected chi connectivity index (χ4v) is 5.08. The van der Waals surface area contributed by atoms with Crippen molar-refractivity contribution in [3.05, 3.63) is 65.7 Å². The highest BCUT2D eigenvalue weighted by atomic mass is 32.2. The van der Waals surface area contributed by atoms with Crippen LogP contribution in [0.4, 0.5) is 37.8 Å². The van der Waals surface area contributed by atoms with E-state index >= 15 is 0 Å². The lowest BCUT2D eigenvalue weighted by atomic mass is 10.1. The first-order valence-electron chi connectivity index (χ1n) is 11.3. The number of anilines is 2. The molecule has 1 fully saturated rings. The van der Waals surface area contributed by atoms with Gasteiger partial charge in [0.25, 0.3) is 10.0 Å². The zero-order valence-corrected chi connectivity index (χ0v) is 20.1. The topological polar surface area (TPSA) is 75.2 Å². The van der Waals surface area contributed by atoms with Crippen LogP contribution < -0.4 is 9.62 Å². The number of sulfonamides is 1. The molecule has 2 heterocycles. The van der Waals surface area contributed by atoms with Gasteiger partial charge < -0.3 is 4.90 Å². The summed E-state index contributed by atoms with van der Waals surface area (Å²) in [5, 5.41) is 8.51. The molecule has 198 valence electrons. The second-order valence-electron chi connectivity index (χ2n) is 8.60. The summed E-state index contributed by atoms with van der Waals surface area (Å²) in [7, 11) is -4.76. The number of nitrogens with zero attached hydrogens (tertiary/aromatic N) is 3. The van der Waals surface area contributed by atoms with Crippen LogP contribution in [0.1, 0.15) is 36.8 Å². The van der Waals surface area contributed by atoms with E-state index in [9.17, 15) is 34.8 Å². The molecule has 3 aromatic rings. The fraction of sp³-hybridized carbons (Fsp3) is 0.333. The van der Waals surface area contributed by atoms with Crippen LogP contribution in [0.2, 0.25) is 0 Å². The van der Waals surface area contributed by atoms with Crippen molar-refractivity contribution in [2.75, 3.05) is 22.7 Å². The van der Waals surface area contributed by atoms with Crippen LogP contribution in [0.15, 0.2) is 59.5 Å². The van der Waals surface area contributed by atoms with Crippen LogP contribution in [-0.4, -0.2) is 31.7 Å². The normalized spacial score (nSPS) is 15.4. The van der Waals surface area contributed by atoms with Crippen molar-refractivity contribution in [3.63, 3.8) is 0 Å². The van der Waals surface area contributed by atoms with Crippen molar-refractivity contribution in [1.29, 1.82) is 0 Å². The molecule has 1 saturated heterocycles. The van der Waals surface area contributed by atoms with E-state index in [1.807, 2.05) is 10.8 Å². The number of alkyl halides is 6. The summed E-state index contributed by atoms with van der Waals surface area (Å²) in [6.07, 6.45) is -5.82. The van der Waals surface area contributed by atoms with Gasteiger partial charge in [0.1, 0.15) is 0 Å². The number of benzene rings is 2. The Labute approximate surface area is 209 Å². The summed E-state index contributed by atoms with van der Waals surface area (Å²) in [6.45, 7) is 1.80. The minimum atomic E-state index is -5.17. The van der Waals surface area contributed by atoms with Gasteiger partial charge in [0.05, 0.1) is 21.7 Å². The zero-order valence-electron chi connectivity index (χ0n) is 19.3. The molecule has 1 aromatic heterocycles. The molecule has 0 amide bonds. The lowest BCUT2D eigenvalue weighted by molar-refractivity contribution is -0.143. The first kappa shape index (κ1) is 26.7. The van der Waals surface area contributed by atoms with Crippen molar-refractivity contribution in [1.82, 2.24) is 10.2 Å². The van der Waals surface area contributed by atoms with Gasteiger partial charge in [0, 0.05) is 24.3 Å². The SMILES string of the molecule is O=S(=O)(Nc1ccc(-c2ccc(N3CCCCCC3)nn2)cc1)c1cc(C(F)(F)F)cc(C(F)(F)F)c1. The maximum atomic E-state index is 13.1. The highest BCUT2D eigenvalue weighted by Gasteiger charge is 2.38. The summed E-state index contributed by atoms with van der Waals surface area (Å²) in [6, 6.07) is 9.49. The van der Waals surface area contributed by atoms with Crippen molar-refractivity contribution in [2.24, 2.45) is 0 Å². The molecule has 1 N–H and O–H groups in total. The number of aromatic nitrogens is 2. The number of hydrogen-bond donors (Lipinski definition) is 1. The quantitative estimate of drug-likeness (QED) is 0.378. The van der Waals surface area contributed by atoms with Gasteiger partial charge >= 0.3 is 12.4 Å². The molecule has 6 nitrogen and oxygen atoms in total. The van der Waals surface area contributed by atoms with E-state index in [2.05, 4.69) is 15.1 Å². The number of nitrogens with one attached hydrogen (secondary N) is 1. The Balaban J connectivity index is 1.53. The van der Waals surface area contributed by atoms with Gasteiger partial charge in [-0.2, -0.15) is 26.3 Å². The molecule has 13 heteroatoms. The Morgan fingerprint density at radius 1 is 0.730 bits per heavy atom. The third-order valence-corrected chi connectivity index (χ3v) is 7.25. The van der Waals surface area contributed by atoms with Gasteiger partial charge in [0.2, 0.25) is 0 Å². The maximum Gasteiger partial charge on any atom is 0.416 e. The maximum absolute atomic E-state index is 13.1. The molecule has 1 aliphatic heterocycles. The molecule has 0 aliphatic carbocycles. The number of halogens is 6. The molecule has 37 heavy (non-hydrogen) atoms. The van der Waals surface area contributed by atoms with Crippen LogP contribution in [0.3, 0.4) is 0 Å². The Hall–Kier alpha value is -3.35. The predicted molar refractivity (Wildman–Crippen MR) is 125 cm³/mol. The first-order chi connectivity index (χ1) is 17.3. The molecule has 0 saturated carbocycles. The van der Waals surface area contributed by atoms with Gasteiger partial charge in [-0.25, -0.2) is 8.42 Å². The predicted octanol–water partition coefficient (Wildman–Crippen LogP) is 6.36. The third-order valence-electron chi connectivity index (χ3n) is 5.88. The molecule has 1 aliphatic rings. The van der Waals surface area contributed by atoms with Gasteiger partial charge in [-0.05, 0) is 55.3 Å². The summed E-state index contributed by atoms with van der Waals surface area (Å²) in [4.78, 5) is 1.01. The summed E-state index contributed by atoms with van der Waals surface area (Å²) < 4.78 is 106. The van der Waals surface area contributed by atoms with Gasteiger partial charge in [-0.15, -0.1) is 10.2 Å². The Kier molecular flexibility index (Phi) is 7.36. The summed E-state index contributed by atoms with van der Waals surface area (Å²) in [5.74, 6) is 0.759. The minimum Gasteiger partial charge on any atom is -0.355 e. The van der Waals surface area contributed by atoms with E-state index in [1.165, 1.54) is 37.1 Å². The summed E-state index contributed by atoms with van der Waals surface area (Å²) >= 11 is 0. The van der Waals surface area contributed by atoms with Crippen LogP contribution in [0.5, 0.6) is 0 Å². The fourth-order valence-electron chi connectivity index (χ4n) is 3.95. The average Bonchev–Trinajstić information content (AvgIpc) is 3.13. The highest BCUT2D eigenvalue weighted by Crippen LogP contribution is 2.37. The van der Waals surface area contributed by atoms with Crippen LogP contribution >= 0.6 is 0 Å². The Morgan fingerprint density at radius 2 is 1.30 bits per heavy atom. The van der Waals surface area contributed by atoms with E-state index < -0.39 is 38.4 Å². The van der Waals surface area contributed by atoms with E-state index in [0.717, 1.165) is 31.7 Å². The second-order valence-corrected chi connectivity index (χ2v) is 10.3. The minimum absolute atomic E-state index is 0.0520. The van der Waals surface area contributed by atoms with E-state index in [1.54, 1.807) is 6.07 Å². The monoisotopic (exact) mass is 544 g/mol. The van der Waals surface area contributed by atoms with Crippen LogP contribution in [0, 0.1) is 0 Å². The lowest BCUT2D eigenvalue weighted by Gasteiger charge is -2.20. The highest BCUT2D eigenvalue weighted by molar-refractivity contribution is 7.92. The summed E-state index contributed by atoms with van der Waals surface area (Å²) in [5.41, 5.74) is -2.39. The number of hydrogen-bond acceptors (Lipinski definition) is 5. The molecule has 0 radical (unpaired) electrons. The molecule has 4 rings (SSSR count). The van der Waals surface area contributed by atoms with Crippen molar-refractivity contribution in [2.45, 2.75) is 42.9 Å². The molecule has 0 unspecified atom stereocenters. The Morgan fingerprint density at radius 3 is 1.78 bits per heavy atom. The van der Waals surface area contributed by atoms with Gasteiger partial charge in [-0.3, -0.25) is 4.72 Å². The van der Waals surface area contributed by atoms with Gasteiger partial charge in [0.15, 0.2) is 5.82 Å². The smallest absolute Gasteiger partial charge is 0.355 e. The van der Waals surface area contributed by atoms with Crippen molar-refractivity contribution < 1.29 is 34.8 Å². The first-order valence-corrected chi connectivity index (χ1v) is 12.8. The Bertz CT molecular complexity index is 1300. The molecule has 0 bridgehead atoms. The zero-order chi connectivity index (χ0) is 26.8. The van der Waals surface area contributed by atoms with E-state index in [-0.39, 0.29) is 23.9 Å². The van der Waals surface area contributed by atoms with E-state index in [4.69, 9.17) is 0 Å². The second kappa shape index (κ2) is 10.2. The molecule has 0 spiro atoms. The van der Waals surface area contributed by atoms with E-state index in [0.29, 0.717) is 11.3 Å². The molecular formula is C24H22F6N4O2S. The van der Waals surface area contributed by atoms with Crippen LogP contribution in [-0.2, 0) is 22.4 Å². The third kappa shape index (κ3) is 6.51. The van der Waals surface area contributed by atoms with Crippen molar-refractivity contribution >= 4 is 21.5 Å². The van der Waals surface area contributed by atoms with Crippen LogP contribution in [0.25, 0.3) is 11.3 Å². The molecule has 0 atom stereocenters. The molecule has 2 aromatic carbocycles. The standard InChI is InChI=1S/C24H22F6N4O2S/c25-23(26,27)17-13-18(24(28,29)30)15-20(14-17)37(35,36)33-19-7-5-16(6-8-19)21-9-10-22(32-31-21)34-11-3-1-2-4-12-34/h5-10,13-15,33H,1-4,11-12H2. The van der Waals surface area contributed by atoms with Crippen molar-refractivity contribution in [3.8, 4) is 11.3 Å². The van der Waals surface area contributed by atoms with Gasteiger partial charge in [-0.1, -0.05) is 25.0 Å². The number of rotatable bonds is 5. The average molecular weight is 545 g/mol. The lowest BCUT2D eigenvalue weighted by Crippen LogP contribution is -2.25.